The van der Waals surface area contributed by atoms with Crippen LogP contribution >= 0.6 is 0 Å². The Morgan fingerprint density at radius 1 is 0.838 bits per heavy atom. The van der Waals surface area contributed by atoms with Crippen LogP contribution in [0.3, 0.4) is 0 Å². The van der Waals surface area contributed by atoms with Crippen LogP contribution in [0.4, 0.5) is 4.79 Å². The predicted octanol–water partition coefficient (Wildman–Crippen LogP) is 12.1. The number of carboxylic acid groups (broad SMARTS) is 1. The van der Waals surface area contributed by atoms with Crippen LogP contribution in [0, 0.1) is 68.0 Å². The van der Waals surface area contributed by atoms with Crippen LogP contribution in [-0.2, 0) is 25.7 Å². The number of amides is 2. The van der Waals surface area contributed by atoms with Gasteiger partial charge in [0.1, 0.15) is 12.4 Å². The first kappa shape index (κ1) is 47.0. The van der Waals surface area contributed by atoms with Crippen molar-refractivity contribution in [3.05, 3.63) is 89.4 Å². The molecule has 11 atom stereocenters. The lowest BCUT2D eigenvalue weighted by atomic mass is 9.30. The summed E-state index contributed by atoms with van der Waals surface area (Å²) in [5.41, 5.74) is 2.16. The Bertz CT molecular complexity index is 2530. The van der Waals surface area contributed by atoms with E-state index in [-0.39, 0.29) is 69.8 Å². The van der Waals surface area contributed by atoms with E-state index in [9.17, 15) is 24.3 Å². The number of carboxylic acids is 1. The van der Waals surface area contributed by atoms with E-state index in [0.29, 0.717) is 31.2 Å². The number of rotatable bonds is 9. The smallest absolute Gasteiger partial charge is 0.318 e. The Labute approximate surface area is 404 Å². The summed E-state index contributed by atoms with van der Waals surface area (Å²) in [5, 5.41) is 15.0. The van der Waals surface area contributed by atoms with Gasteiger partial charge in [-0.1, -0.05) is 123 Å². The van der Waals surface area contributed by atoms with Crippen LogP contribution < -0.4 is 5.32 Å². The topological polar surface area (TPSA) is 142 Å². The molecule has 10 heteroatoms. The second kappa shape index (κ2) is 16.2. The number of aromatic nitrogens is 2. The SMILES string of the molecule is CC(C)C1=C2[C@H]3CC[C@@H]4[C@]5(C)CC[C@H]([C@@]6(C(=O)O)C[C@@H](C(=O)OCc7ccccc7)C6(C)C)C(C)(C)[C@H]5CC[C@@]4(C)[C@]3(C)CC[C@@]2(NC(=O)N2CCCC2c2ncc(-c3ccccc3)[nH]2)CC1=O. The van der Waals surface area contributed by atoms with E-state index in [0.717, 1.165) is 92.4 Å². The van der Waals surface area contributed by atoms with E-state index in [4.69, 9.17) is 9.72 Å². The highest BCUT2D eigenvalue weighted by molar-refractivity contribution is 6.02. The van der Waals surface area contributed by atoms with E-state index < -0.39 is 28.3 Å². The average molecular weight is 925 g/mol. The van der Waals surface area contributed by atoms with Gasteiger partial charge in [-0.25, -0.2) is 9.78 Å². The number of allylic oxidation sites excluding steroid dienone is 1. The minimum atomic E-state index is -1.04. The molecule has 2 aromatic carbocycles. The number of Topliss-reactive ketones (excluding diaryl/α,β-unsaturated/α-hetero) is 1. The van der Waals surface area contributed by atoms with Gasteiger partial charge in [0.05, 0.1) is 34.8 Å². The lowest BCUT2D eigenvalue weighted by Gasteiger charge is -2.74. The Morgan fingerprint density at radius 2 is 1.53 bits per heavy atom. The van der Waals surface area contributed by atoms with Crippen molar-refractivity contribution >= 4 is 23.8 Å². The van der Waals surface area contributed by atoms with Gasteiger partial charge in [-0.15, -0.1) is 0 Å². The third kappa shape index (κ3) is 6.55. The second-order valence-electron chi connectivity index (χ2n) is 24.9. The molecule has 1 aromatic heterocycles. The zero-order valence-electron chi connectivity index (χ0n) is 42.2. The number of fused-ring (bicyclic) bond motifs is 7. The average Bonchev–Trinajstić information content (AvgIpc) is 4.05. The molecule has 0 bridgehead atoms. The third-order valence-corrected chi connectivity index (χ3v) is 21.4. The van der Waals surface area contributed by atoms with Gasteiger partial charge in [0.2, 0.25) is 0 Å². The van der Waals surface area contributed by atoms with Crippen LogP contribution in [0.25, 0.3) is 11.3 Å². The number of ketones is 1. The molecule has 3 N–H and O–H groups in total. The molecule has 1 saturated heterocycles. The summed E-state index contributed by atoms with van der Waals surface area (Å²) in [6.45, 7) is 21.5. The number of nitrogens with one attached hydrogen (secondary N) is 2. The molecule has 7 aliphatic rings. The number of esters is 1. The molecular formula is C58H76N4O6. The summed E-state index contributed by atoms with van der Waals surface area (Å²) in [5.74, 6) is 0.311. The molecule has 2 heterocycles. The van der Waals surface area contributed by atoms with Crippen LogP contribution in [0.15, 0.2) is 78.0 Å². The minimum absolute atomic E-state index is 0.0108. The maximum atomic E-state index is 14.8. The molecule has 0 radical (unpaired) electrons. The van der Waals surface area contributed by atoms with Crippen molar-refractivity contribution in [1.29, 1.82) is 0 Å². The molecule has 5 saturated carbocycles. The van der Waals surface area contributed by atoms with Crippen molar-refractivity contribution in [3.63, 3.8) is 0 Å². The Kier molecular flexibility index (Phi) is 11.2. The lowest BCUT2D eigenvalue weighted by Crippen LogP contribution is -2.71. The van der Waals surface area contributed by atoms with Gasteiger partial charge in [0, 0.05) is 13.0 Å². The number of benzene rings is 2. The Balaban J connectivity index is 0.902. The number of aliphatic carboxylic acids is 1. The van der Waals surface area contributed by atoms with Gasteiger partial charge in [0.15, 0.2) is 5.78 Å². The van der Waals surface area contributed by atoms with Crippen LogP contribution in [0.1, 0.15) is 157 Å². The number of hydrogen-bond donors (Lipinski definition) is 3. The summed E-state index contributed by atoms with van der Waals surface area (Å²) in [6, 6.07) is 19.6. The monoisotopic (exact) mass is 925 g/mol. The highest BCUT2D eigenvalue weighted by Gasteiger charge is 2.76. The van der Waals surface area contributed by atoms with Gasteiger partial charge >= 0.3 is 18.0 Å². The molecular weight excluding hydrogens is 849 g/mol. The number of carbonyl (C=O) groups excluding carboxylic acids is 3. The van der Waals surface area contributed by atoms with Crippen molar-refractivity contribution in [1.82, 2.24) is 20.2 Å². The van der Waals surface area contributed by atoms with E-state index in [1.54, 1.807) is 0 Å². The van der Waals surface area contributed by atoms with Gasteiger partial charge in [-0.05, 0) is 150 Å². The van der Waals surface area contributed by atoms with E-state index in [1.165, 1.54) is 5.57 Å². The quantitative estimate of drug-likeness (QED) is 0.181. The van der Waals surface area contributed by atoms with Crippen molar-refractivity contribution in [2.24, 2.45) is 68.0 Å². The molecule has 0 spiro atoms. The molecule has 10 rings (SSSR count). The molecule has 2 amide bonds. The fourth-order valence-electron chi connectivity index (χ4n) is 17.8. The number of H-pyrrole nitrogens is 1. The molecule has 6 aliphatic carbocycles. The predicted molar refractivity (Wildman–Crippen MR) is 263 cm³/mol. The number of nitrogens with zero attached hydrogens (tertiary/aromatic N) is 2. The number of carbonyl (C=O) groups is 4. The fourth-order valence-corrected chi connectivity index (χ4v) is 17.8. The molecule has 68 heavy (non-hydrogen) atoms. The largest absolute Gasteiger partial charge is 0.481 e. The van der Waals surface area contributed by atoms with E-state index >= 15 is 0 Å². The second-order valence-corrected chi connectivity index (χ2v) is 24.9. The fraction of sp³-hybridized carbons (Fsp3) is 0.638. The highest BCUT2D eigenvalue weighted by atomic mass is 16.5. The molecule has 6 fully saturated rings. The molecule has 10 nitrogen and oxygen atoms in total. The lowest BCUT2D eigenvalue weighted by molar-refractivity contribution is -0.261. The maximum absolute atomic E-state index is 14.8. The zero-order chi connectivity index (χ0) is 48.4. The number of likely N-dealkylation sites (tertiary alicyclic amines) is 1. The normalized spacial score (nSPS) is 37.9. The van der Waals surface area contributed by atoms with Crippen LogP contribution in [0.2, 0.25) is 0 Å². The minimum Gasteiger partial charge on any atom is -0.481 e. The highest BCUT2D eigenvalue weighted by Crippen LogP contribution is 2.79. The molecule has 1 unspecified atom stereocenters. The van der Waals surface area contributed by atoms with Gasteiger partial charge in [-0.3, -0.25) is 14.4 Å². The van der Waals surface area contributed by atoms with Crippen molar-refractivity contribution in [2.45, 2.75) is 158 Å². The number of imidazole rings is 1. The first-order valence-corrected chi connectivity index (χ1v) is 26.1. The Morgan fingerprint density at radius 3 is 2.21 bits per heavy atom. The standard InChI is InChI=1S/C58H76N4O6/c1-35(2)46-42(63)32-57(61-51(67)62-30-16-21-41(62)48-59-33-40(60-48)37-19-14-11-15-20-37)29-28-55(8)38(47(46)57)22-23-45-54(7)26-24-44(52(3,4)43(54)25-27-56(45,55)9)58(50(65)66)31-39(53(58,5)6)49(64)68-34-36-17-12-10-13-18-36/h10-15,17-20,33,35,38-39,41,43-45H,16,21-32,34H2,1-9H3,(H,59,60)(H,61,67)(H,65,66)/t38-,39+,41?,43-,44+,45-,54-,55-,56-,57-,58-/m1/s1. The number of urea groups is 1. The first-order valence-electron chi connectivity index (χ1n) is 26.1. The van der Waals surface area contributed by atoms with Gasteiger partial charge < -0.3 is 25.0 Å². The van der Waals surface area contributed by atoms with E-state index in [2.05, 4.69) is 70.9 Å². The number of hydrogen-bond acceptors (Lipinski definition) is 6. The Hall–Kier alpha value is -4.73. The summed E-state index contributed by atoms with van der Waals surface area (Å²) in [6.07, 6.45) is 11.7. The van der Waals surface area contributed by atoms with Crippen LogP contribution in [0.5, 0.6) is 0 Å². The summed E-state index contributed by atoms with van der Waals surface area (Å²) in [4.78, 5) is 67.1. The summed E-state index contributed by atoms with van der Waals surface area (Å²) in [7, 11) is 0. The van der Waals surface area contributed by atoms with E-state index in [1.807, 2.05) is 73.5 Å². The van der Waals surface area contributed by atoms with Crippen molar-refractivity contribution < 1.29 is 29.0 Å². The third-order valence-electron chi connectivity index (χ3n) is 21.4. The first-order chi connectivity index (χ1) is 32.2. The van der Waals surface area contributed by atoms with Gasteiger partial charge in [-0.2, -0.15) is 0 Å². The van der Waals surface area contributed by atoms with Crippen molar-refractivity contribution in [2.75, 3.05) is 6.54 Å². The zero-order valence-corrected chi connectivity index (χ0v) is 42.2. The summed E-state index contributed by atoms with van der Waals surface area (Å²) < 4.78 is 5.86. The van der Waals surface area contributed by atoms with Crippen molar-refractivity contribution in [3.8, 4) is 11.3 Å². The molecule has 3 aromatic rings. The maximum Gasteiger partial charge on any atom is 0.318 e. The van der Waals surface area contributed by atoms with Gasteiger partial charge in [0.25, 0.3) is 0 Å². The summed E-state index contributed by atoms with van der Waals surface area (Å²) >= 11 is 0. The molecule has 1 aliphatic heterocycles. The molecule has 364 valence electrons. The number of aromatic amines is 1. The van der Waals surface area contributed by atoms with Crippen LogP contribution in [-0.4, -0.2) is 55.8 Å². The number of ether oxygens (including phenoxy) is 1.